The van der Waals surface area contributed by atoms with Gasteiger partial charge in [-0.3, -0.25) is 14.7 Å². The number of nitriles is 1. The van der Waals surface area contributed by atoms with Gasteiger partial charge in [0.05, 0.1) is 33.2 Å². The van der Waals surface area contributed by atoms with Gasteiger partial charge in [-0.25, -0.2) is 4.39 Å². The Balaban J connectivity index is 1.73. The Labute approximate surface area is 220 Å². The fourth-order valence-corrected chi connectivity index (χ4v) is 4.45. The standard InChI is InChI=1S/C27H29ClFN7O/c1-4-26(37)33-24-14-20-23(15-25(24)36-11-9-35(10-12-36)8-7-34(2)3)31-17-18(16-30)27(20)32-19-5-6-22(29)21(28)13-19/h4-6,13-15,17H,1,7-12H2,2-3H3,(H,31,32)(H,33,37). The Morgan fingerprint density at radius 3 is 2.68 bits per heavy atom. The van der Waals surface area contributed by atoms with Crippen molar-refractivity contribution >= 4 is 51.2 Å². The Bertz CT molecular complexity index is 1360. The second-order valence-electron chi connectivity index (χ2n) is 9.12. The molecule has 0 aliphatic carbocycles. The highest BCUT2D eigenvalue weighted by Gasteiger charge is 2.22. The maximum atomic E-state index is 13.7. The number of aromatic nitrogens is 1. The second kappa shape index (κ2) is 11.6. The summed E-state index contributed by atoms with van der Waals surface area (Å²) in [6.07, 6.45) is 2.72. The largest absolute Gasteiger partial charge is 0.367 e. The van der Waals surface area contributed by atoms with Crippen molar-refractivity contribution in [2.75, 3.05) is 68.9 Å². The molecule has 37 heavy (non-hydrogen) atoms. The third-order valence-electron chi connectivity index (χ3n) is 6.31. The van der Waals surface area contributed by atoms with Gasteiger partial charge in [-0.1, -0.05) is 18.2 Å². The van der Waals surface area contributed by atoms with Gasteiger partial charge in [0, 0.05) is 56.5 Å². The highest BCUT2D eigenvalue weighted by atomic mass is 35.5. The maximum Gasteiger partial charge on any atom is 0.247 e. The van der Waals surface area contributed by atoms with E-state index in [2.05, 4.69) is 57.1 Å². The number of nitrogens with zero attached hydrogens (tertiary/aromatic N) is 5. The molecular weight excluding hydrogens is 493 g/mol. The molecule has 0 radical (unpaired) electrons. The lowest BCUT2D eigenvalue weighted by Crippen LogP contribution is -2.48. The second-order valence-corrected chi connectivity index (χ2v) is 9.53. The van der Waals surface area contributed by atoms with Crippen molar-refractivity contribution in [3.63, 3.8) is 0 Å². The third kappa shape index (κ3) is 6.17. The van der Waals surface area contributed by atoms with E-state index in [0.29, 0.717) is 33.5 Å². The van der Waals surface area contributed by atoms with E-state index in [1.165, 1.54) is 24.4 Å². The minimum absolute atomic E-state index is 0.0344. The normalized spacial score (nSPS) is 14.0. The van der Waals surface area contributed by atoms with Crippen LogP contribution in [0.4, 0.5) is 27.1 Å². The van der Waals surface area contributed by atoms with Crippen molar-refractivity contribution < 1.29 is 9.18 Å². The Kier molecular flexibility index (Phi) is 8.24. The minimum Gasteiger partial charge on any atom is -0.367 e. The number of likely N-dealkylation sites (N-methyl/N-ethyl adjacent to an activating group) is 1. The van der Waals surface area contributed by atoms with Gasteiger partial charge in [-0.05, 0) is 50.5 Å². The smallest absolute Gasteiger partial charge is 0.247 e. The van der Waals surface area contributed by atoms with Crippen LogP contribution in [-0.4, -0.2) is 74.1 Å². The Morgan fingerprint density at radius 1 is 1.27 bits per heavy atom. The number of hydrogen-bond donors (Lipinski definition) is 2. The molecule has 0 unspecified atom stereocenters. The van der Waals surface area contributed by atoms with Crippen LogP contribution in [0.15, 0.2) is 49.2 Å². The van der Waals surface area contributed by atoms with Gasteiger partial charge in [0.25, 0.3) is 0 Å². The zero-order valence-corrected chi connectivity index (χ0v) is 21.6. The number of halogens is 2. The summed E-state index contributed by atoms with van der Waals surface area (Å²) in [5.74, 6) is -0.873. The van der Waals surface area contributed by atoms with Gasteiger partial charge in [-0.15, -0.1) is 0 Å². The molecular formula is C27H29ClFN7O. The number of anilines is 4. The van der Waals surface area contributed by atoms with Crippen LogP contribution in [0.3, 0.4) is 0 Å². The van der Waals surface area contributed by atoms with E-state index in [9.17, 15) is 14.4 Å². The molecule has 1 aromatic heterocycles. The quantitative estimate of drug-likeness (QED) is 0.423. The Hall–Kier alpha value is -3.71. The van der Waals surface area contributed by atoms with Crippen molar-refractivity contribution in [3.05, 3.63) is 65.6 Å². The predicted octanol–water partition coefficient (Wildman–Crippen LogP) is 4.45. The molecule has 2 heterocycles. The van der Waals surface area contributed by atoms with Crippen LogP contribution < -0.4 is 15.5 Å². The molecule has 1 aliphatic heterocycles. The molecule has 10 heteroatoms. The van der Waals surface area contributed by atoms with Crippen molar-refractivity contribution in [2.24, 2.45) is 0 Å². The SMILES string of the molecule is C=CC(=O)Nc1cc2c(Nc3ccc(F)c(Cl)c3)c(C#N)cnc2cc1N1CCN(CCN(C)C)CC1. The summed E-state index contributed by atoms with van der Waals surface area (Å²) in [6.45, 7) is 8.97. The first-order valence-electron chi connectivity index (χ1n) is 11.9. The van der Waals surface area contributed by atoms with Crippen molar-refractivity contribution in [1.29, 1.82) is 5.26 Å². The van der Waals surface area contributed by atoms with Crippen LogP contribution in [0.25, 0.3) is 10.9 Å². The zero-order valence-electron chi connectivity index (χ0n) is 20.9. The van der Waals surface area contributed by atoms with Crippen molar-refractivity contribution in [3.8, 4) is 6.07 Å². The third-order valence-corrected chi connectivity index (χ3v) is 6.60. The topological polar surface area (TPSA) is 87.5 Å². The first-order valence-corrected chi connectivity index (χ1v) is 12.3. The van der Waals surface area contributed by atoms with Crippen LogP contribution in [0.5, 0.6) is 0 Å². The molecule has 8 nitrogen and oxygen atoms in total. The van der Waals surface area contributed by atoms with Gasteiger partial charge in [-0.2, -0.15) is 5.26 Å². The minimum atomic E-state index is -0.534. The van der Waals surface area contributed by atoms with Crippen LogP contribution >= 0.6 is 11.6 Å². The number of rotatable bonds is 8. The fraction of sp³-hybridized carbons (Fsp3) is 0.296. The summed E-state index contributed by atoms with van der Waals surface area (Å²) in [7, 11) is 4.14. The number of nitrogens with one attached hydrogen (secondary N) is 2. The van der Waals surface area contributed by atoms with Crippen LogP contribution in [-0.2, 0) is 4.79 Å². The molecule has 2 aromatic carbocycles. The molecule has 1 saturated heterocycles. The van der Waals surface area contributed by atoms with E-state index in [0.717, 1.165) is 45.0 Å². The van der Waals surface area contributed by atoms with E-state index in [4.69, 9.17) is 11.6 Å². The molecule has 1 aliphatic rings. The number of benzene rings is 2. The summed E-state index contributed by atoms with van der Waals surface area (Å²) < 4.78 is 13.7. The van der Waals surface area contributed by atoms with Gasteiger partial charge < -0.3 is 20.4 Å². The molecule has 1 amide bonds. The molecule has 0 atom stereocenters. The number of fused-ring (bicyclic) bond motifs is 1. The average Bonchev–Trinajstić information content (AvgIpc) is 2.89. The van der Waals surface area contributed by atoms with E-state index < -0.39 is 5.82 Å². The van der Waals surface area contributed by atoms with Crippen LogP contribution in [0.2, 0.25) is 5.02 Å². The van der Waals surface area contributed by atoms with Gasteiger partial charge in [0.2, 0.25) is 5.91 Å². The number of carbonyl (C=O) groups is 1. The highest BCUT2D eigenvalue weighted by Crippen LogP contribution is 2.37. The number of piperazine rings is 1. The Morgan fingerprint density at radius 2 is 2.03 bits per heavy atom. The molecule has 192 valence electrons. The monoisotopic (exact) mass is 521 g/mol. The summed E-state index contributed by atoms with van der Waals surface area (Å²) in [6, 6.07) is 10.1. The molecule has 3 aromatic rings. The maximum absolute atomic E-state index is 13.7. The number of pyridine rings is 1. The molecule has 4 rings (SSSR count). The summed E-state index contributed by atoms with van der Waals surface area (Å²) in [5.41, 5.74) is 3.40. The lowest BCUT2D eigenvalue weighted by molar-refractivity contribution is -0.111. The zero-order chi connectivity index (χ0) is 26.5. The summed E-state index contributed by atoms with van der Waals surface area (Å²) in [4.78, 5) is 23.7. The number of carbonyl (C=O) groups excluding carboxylic acids is 1. The summed E-state index contributed by atoms with van der Waals surface area (Å²) >= 11 is 5.96. The van der Waals surface area contributed by atoms with Gasteiger partial charge >= 0.3 is 0 Å². The molecule has 0 spiro atoms. The van der Waals surface area contributed by atoms with Crippen LogP contribution in [0.1, 0.15) is 5.56 Å². The van der Waals surface area contributed by atoms with Crippen LogP contribution in [0, 0.1) is 17.1 Å². The fourth-order valence-electron chi connectivity index (χ4n) is 4.26. The first-order chi connectivity index (χ1) is 17.8. The molecule has 1 fully saturated rings. The lowest BCUT2D eigenvalue weighted by Gasteiger charge is -2.37. The number of amides is 1. The first kappa shape index (κ1) is 26.4. The molecule has 0 saturated carbocycles. The van der Waals surface area contributed by atoms with Gasteiger partial charge in [0.15, 0.2) is 0 Å². The highest BCUT2D eigenvalue weighted by molar-refractivity contribution is 6.31. The van der Waals surface area contributed by atoms with Gasteiger partial charge in [0.1, 0.15) is 11.9 Å². The molecule has 2 N–H and O–H groups in total. The van der Waals surface area contributed by atoms with E-state index in [-0.39, 0.29) is 10.9 Å². The van der Waals surface area contributed by atoms with Crippen molar-refractivity contribution in [1.82, 2.24) is 14.8 Å². The lowest BCUT2D eigenvalue weighted by atomic mass is 10.1. The van der Waals surface area contributed by atoms with E-state index >= 15 is 0 Å². The summed E-state index contributed by atoms with van der Waals surface area (Å²) in [5, 5.41) is 16.5. The van der Waals surface area contributed by atoms with E-state index in [1.54, 1.807) is 6.07 Å². The molecule has 0 bridgehead atoms. The number of hydrogen-bond acceptors (Lipinski definition) is 7. The van der Waals surface area contributed by atoms with E-state index in [1.807, 2.05) is 12.1 Å². The van der Waals surface area contributed by atoms with Crippen molar-refractivity contribution in [2.45, 2.75) is 0 Å². The average molecular weight is 522 g/mol. The predicted molar refractivity (Wildman–Crippen MR) is 147 cm³/mol.